The van der Waals surface area contributed by atoms with Gasteiger partial charge in [0.25, 0.3) is 0 Å². The third kappa shape index (κ3) is 5.16. The van der Waals surface area contributed by atoms with Crippen molar-refractivity contribution < 1.29 is 14.7 Å². The van der Waals surface area contributed by atoms with E-state index in [4.69, 9.17) is 5.73 Å². The van der Waals surface area contributed by atoms with Crippen molar-refractivity contribution in [2.24, 2.45) is 11.7 Å². The van der Waals surface area contributed by atoms with Crippen LogP contribution in [0.2, 0.25) is 0 Å². The maximum absolute atomic E-state index is 11.9. The smallest absolute Gasteiger partial charge is 0.324 e. The lowest BCUT2D eigenvalue weighted by atomic mass is 9.71. The van der Waals surface area contributed by atoms with Crippen LogP contribution in [0.3, 0.4) is 0 Å². The first-order valence-electron chi connectivity index (χ1n) is 7.07. The molecule has 1 rings (SSSR count). The van der Waals surface area contributed by atoms with E-state index < -0.39 is 17.4 Å². The van der Waals surface area contributed by atoms with Gasteiger partial charge < -0.3 is 10.8 Å². The highest BCUT2D eigenvalue weighted by Gasteiger charge is 2.45. The predicted molar refractivity (Wildman–Crippen MR) is 98.0 cm³/mol. The summed E-state index contributed by atoms with van der Waals surface area (Å²) in [5.41, 5.74) is 5.58. The van der Waals surface area contributed by atoms with Gasteiger partial charge in [0, 0.05) is 10.4 Å². The van der Waals surface area contributed by atoms with Crippen LogP contribution in [0.15, 0.2) is 40.9 Å². The van der Waals surface area contributed by atoms with Gasteiger partial charge in [-0.05, 0) is 42.5 Å². The second kappa shape index (κ2) is 8.62. The summed E-state index contributed by atoms with van der Waals surface area (Å²) in [7, 11) is 0. The average molecular weight is 405 g/mol. The number of hydrogen-bond donors (Lipinski definition) is 2. The van der Waals surface area contributed by atoms with E-state index in [1.54, 1.807) is 24.3 Å². The van der Waals surface area contributed by atoms with Gasteiger partial charge in [0.2, 0.25) is 0 Å². The van der Waals surface area contributed by atoms with Gasteiger partial charge >= 0.3 is 5.97 Å². The Bertz CT molecular complexity index is 586. The number of carbonyl (C=O) groups excluding carboxylic acids is 1. The second-order valence-corrected chi connectivity index (χ2v) is 6.93. The van der Waals surface area contributed by atoms with Gasteiger partial charge in [-0.2, -0.15) is 0 Å². The Morgan fingerprint density at radius 3 is 2.13 bits per heavy atom. The van der Waals surface area contributed by atoms with Gasteiger partial charge in [-0.3, -0.25) is 9.59 Å². The van der Waals surface area contributed by atoms with Gasteiger partial charge in [0.1, 0.15) is 5.54 Å². The summed E-state index contributed by atoms with van der Waals surface area (Å²) in [6, 6.07) is 7.14. The zero-order valence-corrected chi connectivity index (χ0v) is 15.9. The molecule has 0 aliphatic heterocycles. The molecule has 0 radical (unpaired) electrons. The highest BCUT2D eigenvalue weighted by molar-refractivity contribution is 9.10. The quantitative estimate of drug-likeness (QED) is 0.675. The number of carbonyl (C=O) groups is 2. The molecular formula is C17H23BrClNO3. The second-order valence-electron chi connectivity index (χ2n) is 6.01. The van der Waals surface area contributed by atoms with E-state index in [0.717, 1.165) is 4.47 Å². The lowest BCUT2D eigenvalue weighted by Gasteiger charge is -2.36. The Morgan fingerprint density at radius 1 is 1.30 bits per heavy atom. The molecule has 0 aromatic heterocycles. The fraction of sp³-hybridized carbons (Fsp3) is 0.412. The van der Waals surface area contributed by atoms with E-state index in [-0.39, 0.29) is 36.1 Å². The summed E-state index contributed by atoms with van der Waals surface area (Å²) in [4.78, 5) is 23.7. The summed E-state index contributed by atoms with van der Waals surface area (Å²) in [6.07, 6.45) is 0.245. The Labute approximate surface area is 151 Å². The number of rotatable bonds is 7. The molecule has 0 heterocycles. The van der Waals surface area contributed by atoms with Crippen molar-refractivity contribution in [1.82, 2.24) is 0 Å². The minimum absolute atomic E-state index is 0. The number of ketones is 1. The van der Waals surface area contributed by atoms with Crippen molar-refractivity contribution in [3.05, 3.63) is 46.5 Å². The maximum atomic E-state index is 11.9. The normalized spacial score (nSPS) is 14.5. The Balaban J connectivity index is 0.00000484. The van der Waals surface area contributed by atoms with Crippen LogP contribution in [0.25, 0.3) is 0 Å². The molecule has 0 aliphatic carbocycles. The molecule has 3 N–H and O–H groups in total. The molecule has 23 heavy (non-hydrogen) atoms. The first-order chi connectivity index (χ1) is 10.1. The average Bonchev–Trinajstić information content (AvgIpc) is 2.39. The molecule has 1 aromatic rings. The molecule has 0 saturated heterocycles. The number of hydrogen-bond acceptors (Lipinski definition) is 3. The van der Waals surface area contributed by atoms with Crippen molar-refractivity contribution in [2.75, 3.05) is 0 Å². The van der Waals surface area contributed by atoms with Crippen LogP contribution in [-0.2, 0) is 9.59 Å². The SMILES string of the molecule is C=C(C(C)=O)[C@@H](c1ccc(Br)cc1)[C@@](N)(CC(C)C)C(=O)O.Cl. The van der Waals surface area contributed by atoms with Gasteiger partial charge in [-0.15, -0.1) is 12.4 Å². The van der Waals surface area contributed by atoms with E-state index >= 15 is 0 Å². The molecule has 0 amide bonds. The topological polar surface area (TPSA) is 80.4 Å². The Kier molecular flexibility index (Phi) is 8.18. The van der Waals surface area contributed by atoms with E-state index in [2.05, 4.69) is 22.5 Å². The van der Waals surface area contributed by atoms with Crippen LogP contribution in [0.5, 0.6) is 0 Å². The minimum atomic E-state index is -1.58. The van der Waals surface area contributed by atoms with Gasteiger partial charge in [-0.25, -0.2) is 0 Å². The number of carboxylic acid groups (broad SMARTS) is 1. The van der Waals surface area contributed by atoms with Crippen LogP contribution >= 0.6 is 28.3 Å². The largest absolute Gasteiger partial charge is 0.480 e. The van der Waals surface area contributed by atoms with Crippen LogP contribution in [0.4, 0.5) is 0 Å². The fourth-order valence-electron chi connectivity index (χ4n) is 2.67. The third-order valence-electron chi connectivity index (χ3n) is 3.66. The molecule has 1 aromatic carbocycles. The number of halogens is 2. The van der Waals surface area contributed by atoms with Gasteiger partial charge in [0.15, 0.2) is 5.78 Å². The fourth-order valence-corrected chi connectivity index (χ4v) is 2.94. The molecule has 0 spiro atoms. The number of Topliss-reactive ketones (excluding diaryl/α,β-unsaturated/α-hetero) is 1. The van der Waals surface area contributed by atoms with Crippen LogP contribution in [0, 0.1) is 5.92 Å². The van der Waals surface area contributed by atoms with E-state index in [1.165, 1.54) is 6.92 Å². The van der Waals surface area contributed by atoms with Gasteiger partial charge in [0.05, 0.1) is 0 Å². The summed E-state index contributed by atoms with van der Waals surface area (Å²) < 4.78 is 0.866. The molecule has 0 aliphatic rings. The zero-order valence-electron chi connectivity index (χ0n) is 13.5. The van der Waals surface area contributed by atoms with E-state index in [9.17, 15) is 14.7 Å². The lowest BCUT2D eigenvalue weighted by Crippen LogP contribution is -2.54. The van der Waals surface area contributed by atoms with Crippen molar-refractivity contribution in [1.29, 1.82) is 0 Å². The Hall–Kier alpha value is -1.17. The van der Waals surface area contributed by atoms with Gasteiger partial charge in [-0.1, -0.05) is 48.5 Å². The number of benzene rings is 1. The van der Waals surface area contributed by atoms with Crippen molar-refractivity contribution in [3.63, 3.8) is 0 Å². The molecule has 0 unspecified atom stereocenters. The third-order valence-corrected chi connectivity index (χ3v) is 4.19. The summed E-state index contributed by atoms with van der Waals surface area (Å²) in [5.74, 6) is -2.08. The lowest BCUT2D eigenvalue weighted by molar-refractivity contribution is -0.144. The molecule has 0 saturated carbocycles. The molecule has 4 nitrogen and oxygen atoms in total. The number of aliphatic carboxylic acids is 1. The van der Waals surface area contributed by atoms with Crippen LogP contribution < -0.4 is 5.73 Å². The molecule has 6 heteroatoms. The molecule has 128 valence electrons. The number of carboxylic acids is 1. The first-order valence-corrected chi connectivity index (χ1v) is 7.86. The van der Waals surface area contributed by atoms with Crippen molar-refractivity contribution >= 4 is 40.1 Å². The standard InChI is InChI=1S/C17H22BrNO3.ClH/c1-10(2)9-17(19,16(21)22)15(11(3)12(4)20)13-5-7-14(18)8-6-13;/h5-8,10,15H,3,9,19H2,1-2,4H3,(H,21,22);1H/t15-,17-;/m0./s1. The first kappa shape index (κ1) is 21.8. The summed E-state index contributed by atoms with van der Waals surface area (Å²) in [6.45, 7) is 8.99. The Morgan fingerprint density at radius 2 is 1.78 bits per heavy atom. The maximum Gasteiger partial charge on any atom is 0.324 e. The zero-order chi connectivity index (χ0) is 17.1. The van der Waals surface area contributed by atoms with Crippen LogP contribution in [0.1, 0.15) is 38.7 Å². The highest BCUT2D eigenvalue weighted by Crippen LogP contribution is 2.38. The van der Waals surface area contributed by atoms with E-state index in [1.807, 2.05) is 13.8 Å². The summed E-state index contributed by atoms with van der Waals surface area (Å²) in [5, 5.41) is 9.71. The molecule has 0 bridgehead atoms. The van der Waals surface area contributed by atoms with Crippen molar-refractivity contribution in [2.45, 2.75) is 38.6 Å². The molecular weight excluding hydrogens is 382 g/mol. The predicted octanol–water partition coefficient (Wildman–Crippen LogP) is 3.93. The minimum Gasteiger partial charge on any atom is -0.480 e. The highest BCUT2D eigenvalue weighted by atomic mass is 79.9. The van der Waals surface area contributed by atoms with Crippen LogP contribution in [-0.4, -0.2) is 22.4 Å². The van der Waals surface area contributed by atoms with E-state index in [0.29, 0.717) is 5.56 Å². The monoisotopic (exact) mass is 403 g/mol. The van der Waals surface area contributed by atoms with Crippen molar-refractivity contribution in [3.8, 4) is 0 Å². The molecule has 0 fully saturated rings. The molecule has 2 atom stereocenters. The number of nitrogens with two attached hydrogens (primary N) is 1. The summed E-state index contributed by atoms with van der Waals surface area (Å²) >= 11 is 3.34.